The summed E-state index contributed by atoms with van der Waals surface area (Å²) in [5.41, 5.74) is 4.07. The van der Waals surface area contributed by atoms with Crippen LogP contribution in [0.3, 0.4) is 0 Å². The highest BCUT2D eigenvalue weighted by molar-refractivity contribution is 5.95. The molecule has 0 bridgehead atoms. The van der Waals surface area contributed by atoms with Gasteiger partial charge in [-0.2, -0.15) is 13.2 Å². The van der Waals surface area contributed by atoms with Gasteiger partial charge in [0, 0.05) is 18.7 Å². The molecule has 4 aromatic rings. The fourth-order valence-corrected chi connectivity index (χ4v) is 4.13. The number of nitrogens with zero attached hydrogens (tertiary/aromatic N) is 2. The van der Waals surface area contributed by atoms with Crippen LogP contribution in [0.4, 0.5) is 19.1 Å². The quantitative estimate of drug-likeness (QED) is 0.314. The molecule has 0 saturated heterocycles. The third-order valence-corrected chi connectivity index (χ3v) is 5.63. The minimum atomic E-state index is -4.53. The van der Waals surface area contributed by atoms with Gasteiger partial charge in [-0.3, -0.25) is 10.0 Å². The lowest BCUT2D eigenvalue weighted by molar-refractivity contribution is -0.137. The van der Waals surface area contributed by atoms with Gasteiger partial charge in [-0.25, -0.2) is 10.5 Å². The topological polar surface area (TPSA) is 81.2 Å². The molecule has 5 rings (SSSR count). The van der Waals surface area contributed by atoms with Gasteiger partial charge in [0.1, 0.15) is 0 Å². The molecule has 32 heavy (non-hydrogen) atoms. The summed E-state index contributed by atoms with van der Waals surface area (Å²) in [4.78, 5) is 21.3. The van der Waals surface area contributed by atoms with Gasteiger partial charge in [-0.1, -0.05) is 42.5 Å². The van der Waals surface area contributed by atoms with Crippen LogP contribution in [-0.4, -0.2) is 21.1 Å². The van der Waals surface area contributed by atoms with Crippen molar-refractivity contribution in [3.8, 4) is 11.1 Å². The van der Waals surface area contributed by atoms with Crippen molar-refractivity contribution in [1.29, 1.82) is 0 Å². The number of aromatic amines is 1. The molecule has 1 aromatic heterocycles. The summed E-state index contributed by atoms with van der Waals surface area (Å²) in [5, 5.41) is 8.99. The first-order chi connectivity index (χ1) is 15.3. The lowest BCUT2D eigenvalue weighted by Gasteiger charge is -2.13. The number of anilines is 1. The third kappa shape index (κ3) is 3.36. The number of halogens is 3. The molecule has 0 saturated carbocycles. The predicted octanol–water partition coefficient (Wildman–Crippen LogP) is 4.89. The predicted molar refractivity (Wildman–Crippen MR) is 112 cm³/mol. The zero-order chi connectivity index (χ0) is 22.5. The number of alkyl halides is 3. The number of carbonyl (C=O) groups excluding carboxylic acids is 1. The van der Waals surface area contributed by atoms with Gasteiger partial charge in [0.25, 0.3) is 5.91 Å². The number of amides is 1. The smallest absolute Gasteiger partial charge is 0.334 e. The van der Waals surface area contributed by atoms with Crippen LogP contribution in [0, 0.1) is 0 Å². The van der Waals surface area contributed by atoms with Crippen molar-refractivity contribution >= 4 is 22.9 Å². The van der Waals surface area contributed by atoms with Gasteiger partial charge < -0.3 is 9.88 Å². The van der Waals surface area contributed by atoms with E-state index in [0.717, 1.165) is 17.2 Å². The van der Waals surface area contributed by atoms with Gasteiger partial charge in [0.05, 0.1) is 16.6 Å². The maximum absolute atomic E-state index is 13.8. The summed E-state index contributed by atoms with van der Waals surface area (Å²) >= 11 is 0. The Morgan fingerprint density at radius 3 is 2.56 bits per heavy atom. The molecule has 0 spiro atoms. The fourth-order valence-electron chi connectivity index (χ4n) is 4.13. The van der Waals surface area contributed by atoms with Gasteiger partial charge in [-0.05, 0) is 40.5 Å². The van der Waals surface area contributed by atoms with Crippen molar-refractivity contribution < 1.29 is 23.2 Å². The normalized spacial score (nSPS) is 13.4. The van der Waals surface area contributed by atoms with Crippen LogP contribution in [0.25, 0.3) is 22.2 Å². The minimum absolute atomic E-state index is 0.0651. The highest BCUT2D eigenvalue weighted by Gasteiger charge is 2.35. The van der Waals surface area contributed by atoms with Crippen LogP contribution in [0.15, 0.2) is 60.7 Å². The zero-order valence-electron chi connectivity index (χ0n) is 16.6. The molecule has 3 N–H and O–H groups in total. The zero-order valence-corrected chi connectivity index (χ0v) is 16.6. The molecule has 1 aliphatic rings. The Hall–Kier alpha value is -3.85. The van der Waals surface area contributed by atoms with E-state index in [1.54, 1.807) is 47.9 Å². The number of carbonyl (C=O) groups is 1. The standard InChI is InChI=1S/C23H17F3N4O2/c24-23(25,26)18-10-20-19(9-16(18)13-5-2-1-3-6-13)27-22(28-20)30-11-14-7-4-8-15(17(14)12-30)21(31)29-32/h1-10,32H,11-12H2,(H,27,28)(H,29,31). The Morgan fingerprint density at radius 2 is 1.84 bits per heavy atom. The summed E-state index contributed by atoms with van der Waals surface area (Å²) in [6.45, 7) is 0.760. The number of rotatable bonds is 3. The summed E-state index contributed by atoms with van der Waals surface area (Å²) < 4.78 is 41.4. The number of hydrogen-bond donors (Lipinski definition) is 3. The molecule has 3 aromatic carbocycles. The van der Waals surface area contributed by atoms with Crippen LogP contribution in [0.2, 0.25) is 0 Å². The molecule has 0 fully saturated rings. The van der Waals surface area contributed by atoms with E-state index in [2.05, 4.69) is 9.97 Å². The van der Waals surface area contributed by atoms with Crippen molar-refractivity contribution in [2.75, 3.05) is 4.90 Å². The van der Waals surface area contributed by atoms with Crippen molar-refractivity contribution in [2.24, 2.45) is 0 Å². The molecule has 6 nitrogen and oxygen atoms in total. The Morgan fingerprint density at radius 1 is 1.06 bits per heavy atom. The number of nitrogens with one attached hydrogen (secondary N) is 2. The summed E-state index contributed by atoms with van der Waals surface area (Å²) in [6.07, 6.45) is -4.53. The van der Waals surface area contributed by atoms with E-state index in [0.29, 0.717) is 35.7 Å². The summed E-state index contributed by atoms with van der Waals surface area (Å²) in [6, 6.07) is 16.1. The van der Waals surface area contributed by atoms with Crippen LogP contribution in [-0.2, 0) is 19.3 Å². The Labute approximate surface area is 180 Å². The molecule has 2 heterocycles. The SMILES string of the molecule is O=C(NO)c1cccc2c1CN(c1nc3cc(-c4ccccc4)c(C(F)(F)F)cc3[nH]1)C2. The van der Waals surface area contributed by atoms with Crippen LogP contribution >= 0.6 is 0 Å². The molecule has 9 heteroatoms. The average molecular weight is 438 g/mol. The van der Waals surface area contributed by atoms with E-state index < -0.39 is 17.6 Å². The second-order valence-electron chi connectivity index (χ2n) is 7.58. The first kappa shape index (κ1) is 20.1. The lowest BCUT2D eigenvalue weighted by atomic mass is 9.98. The van der Waals surface area contributed by atoms with Crippen LogP contribution in [0.1, 0.15) is 27.0 Å². The molecular formula is C23H17F3N4O2. The average Bonchev–Trinajstić information content (AvgIpc) is 3.41. The van der Waals surface area contributed by atoms with E-state index in [1.807, 2.05) is 11.0 Å². The van der Waals surface area contributed by atoms with E-state index in [4.69, 9.17) is 5.21 Å². The van der Waals surface area contributed by atoms with Crippen molar-refractivity contribution in [3.63, 3.8) is 0 Å². The van der Waals surface area contributed by atoms with Gasteiger partial charge in [0.2, 0.25) is 5.95 Å². The number of fused-ring (bicyclic) bond motifs is 2. The van der Waals surface area contributed by atoms with Crippen LogP contribution < -0.4 is 10.4 Å². The minimum Gasteiger partial charge on any atom is -0.334 e. The number of hydroxylamine groups is 1. The second kappa shape index (κ2) is 7.38. The Balaban J connectivity index is 1.57. The molecule has 0 aliphatic carbocycles. The number of benzene rings is 3. The first-order valence-electron chi connectivity index (χ1n) is 9.81. The molecular weight excluding hydrogens is 421 g/mol. The van der Waals surface area contributed by atoms with E-state index in [9.17, 15) is 18.0 Å². The van der Waals surface area contributed by atoms with Crippen molar-refractivity contribution in [3.05, 3.63) is 82.9 Å². The summed E-state index contributed by atoms with van der Waals surface area (Å²) in [7, 11) is 0. The lowest BCUT2D eigenvalue weighted by Crippen LogP contribution is -2.21. The third-order valence-electron chi connectivity index (χ3n) is 5.63. The number of hydrogen-bond acceptors (Lipinski definition) is 4. The van der Waals surface area contributed by atoms with Crippen molar-refractivity contribution in [1.82, 2.24) is 15.4 Å². The highest BCUT2D eigenvalue weighted by Crippen LogP contribution is 2.40. The van der Waals surface area contributed by atoms with E-state index in [1.165, 1.54) is 6.07 Å². The number of H-pyrrole nitrogens is 1. The van der Waals surface area contributed by atoms with Crippen LogP contribution in [0.5, 0.6) is 0 Å². The van der Waals surface area contributed by atoms with Gasteiger partial charge in [-0.15, -0.1) is 0 Å². The number of imidazole rings is 1. The fraction of sp³-hybridized carbons (Fsp3) is 0.130. The van der Waals surface area contributed by atoms with Crippen molar-refractivity contribution in [2.45, 2.75) is 19.3 Å². The largest absolute Gasteiger partial charge is 0.417 e. The molecule has 0 radical (unpaired) electrons. The number of aromatic nitrogens is 2. The maximum Gasteiger partial charge on any atom is 0.417 e. The molecule has 0 unspecified atom stereocenters. The maximum atomic E-state index is 13.8. The van der Waals surface area contributed by atoms with Gasteiger partial charge in [0.15, 0.2) is 0 Å². The highest BCUT2D eigenvalue weighted by atomic mass is 19.4. The molecule has 1 aliphatic heterocycles. The Kier molecular flexibility index (Phi) is 4.63. The Bertz CT molecular complexity index is 1330. The van der Waals surface area contributed by atoms with E-state index in [-0.39, 0.29) is 11.1 Å². The van der Waals surface area contributed by atoms with E-state index >= 15 is 0 Å². The molecule has 162 valence electrons. The monoisotopic (exact) mass is 438 g/mol. The summed E-state index contributed by atoms with van der Waals surface area (Å²) in [5.74, 6) is -0.208. The molecule has 0 atom stereocenters. The first-order valence-corrected chi connectivity index (χ1v) is 9.81. The van der Waals surface area contributed by atoms with Gasteiger partial charge >= 0.3 is 6.18 Å². The molecule has 1 amide bonds. The second-order valence-corrected chi connectivity index (χ2v) is 7.58.